The standard InChI is InChI=1S/C16H15N3OS2/c1-11-16(12-3-5-14(6-4-12)22(2)20)21-15(19-11)9-13-10-17-7-8-18-13/h3-8,10H,9H2,1-2H3. The van der Waals surface area contributed by atoms with Crippen LogP contribution < -0.4 is 0 Å². The first kappa shape index (κ1) is 15.0. The van der Waals surface area contributed by atoms with E-state index in [0.29, 0.717) is 6.42 Å². The zero-order chi connectivity index (χ0) is 15.5. The SMILES string of the molecule is Cc1nc(Cc2cnccn2)sc1-c1ccc(S(C)=O)cc1. The molecule has 0 N–H and O–H groups in total. The van der Waals surface area contributed by atoms with Gasteiger partial charge >= 0.3 is 0 Å². The Bertz CT molecular complexity index is 798. The van der Waals surface area contributed by atoms with Crippen LogP contribution >= 0.6 is 11.3 Å². The van der Waals surface area contributed by atoms with E-state index in [0.717, 1.165) is 31.7 Å². The molecule has 112 valence electrons. The van der Waals surface area contributed by atoms with Crippen molar-refractivity contribution in [2.45, 2.75) is 18.2 Å². The summed E-state index contributed by atoms with van der Waals surface area (Å²) in [5.74, 6) is 0. The molecule has 0 saturated heterocycles. The molecule has 0 bridgehead atoms. The number of rotatable bonds is 4. The molecule has 1 aromatic carbocycles. The largest absolute Gasteiger partial charge is 0.261 e. The van der Waals surface area contributed by atoms with E-state index in [4.69, 9.17) is 0 Å². The van der Waals surface area contributed by atoms with Crippen molar-refractivity contribution in [3.63, 3.8) is 0 Å². The summed E-state index contributed by atoms with van der Waals surface area (Å²) in [6, 6.07) is 7.83. The molecule has 22 heavy (non-hydrogen) atoms. The second kappa shape index (κ2) is 6.46. The van der Waals surface area contributed by atoms with E-state index in [1.807, 2.05) is 31.2 Å². The second-order valence-corrected chi connectivity index (χ2v) is 7.34. The molecule has 2 aromatic heterocycles. The van der Waals surface area contributed by atoms with Crippen LogP contribution in [0.1, 0.15) is 16.4 Å². The molecule has 0 saturated carbocycles. The molecule has 0 amide bonds. The molecule has 1 unspecified atom stereocenters. The van der Waals surface area contributed by atoms with Gasteiger partial charge in [0.1, 0.15) is 0 Å². The van der Waals surface area contributed by atoms with E-state index in [1.54, 1.807) is 36.2 Å². The third-order valence-corrected chi connectivity index (χ3v) is 5.38. The highest BCUT2D eigenvalue weighted by Gasteiger charge is 2.11. The van der Waals surface area contributed by atoms with E-state index in [2.05, 4.69) is 15.0 Å². The lowest BCUT2D eigenvalue weighted by Crippen LogP contribution is -1.91. The van der Waals surface area contributed by atoms with Crippen molar-refractivity contribution < 1.29 is 4.21 Å². The Kier molecular flexibility index (Phi) is 4.40. The number of aryl methyl sites for hydroxylation is 1. The fourth-order valence-electron chi connectivity index (χ4n) is 2.17. The normalized spacial score (nSPS) is 12.3. The van der Waals surface area contributed by atoms with Crippen molar-refractivity contribution in [2.75, 3.05) is 6.26 Å². The summed E-state index contributed by atoms with van der Waals surface area (Å²) in [4.78, 5) is 15.0. The van der Waals surface area contributed by atoms with E-state index in [-0.39, 0.29) is 0 Å². The van der Waals surface area contributed by atoms with Crippen LogP contribution in [0.15, 0.2) is 47.8 Å². The van der Waals surface area contributed by atoms with Gasteiger partial charge in [-0.1, -0.05) is 12.1 Å². The van der Waals surface area contributed by atoms with E-state index in [1.165, 1.54) is 0 Å². The van der Waals surface area contributed by atoms with Gasteiger partial charge in [-0.2, -0.15) is 0 Å². The maximum absolute atomic E-state index is 11.5. The Morgan fingerprint density at radius 3 is 2.59 bits per heavy atom. The van der Waals surface area contributed by atoms with Crippen LogP contribution in [0, 0.1) is 6.92 Å². The Labute approximate surface area is 135 Å². The smallest absolute Gasteiger partial charge is 0.0994 e. The lowest BCUT2D eigenvalue weighted by atomic mass is 10.2. The quantitative estimate of drug-likeness (QED) is 0.737. The highest BCUT2D eigenvalue weighted by Crippen LogP contribution is 2.31. The van der Waals surface area contributed by atoms with Gasteiger partial charge in [0, 0.05) is 47.0 Å². The van der Waals surface area contributed by atoms with Crippen LogP contribution in [0.2, 0.25) is 0 Å². The highest BCUT2D eigenvalue weighted by molar-refractivity contribution is 7.84. The molecule has 6 heteroatoms. The number of thiazole rings is 1. The minimum absolute atomic E-state index is 0.691. The molecular formula is C16H15N3OS2. The number of benzene rings is 1. The molecule has 0 aliphatic rings. The van der Waals surface area contributed by atoms with Crippen LogP contribution in [-0.4, -0.2) is 25.4 Å². The number of hydrogen-bond acceptors (Lipinski definition) is 5. The number of aromatic nitrogens is 3. The predicted octanol–water partition coefficient (Wildman–Crippen LogP) is 3.24. The average Bonchev–Trinajstić information content (AvgIpc) is 2.89. The zero-order valence-corrected chi connectivity index (χ0v) is 13.9. The molecule has 3 aromatic rings. The first-order chi connectivity index (χ1) is 10.6. The predicted molar refractivity (Wildman–Crippen MR) is 89.5 cm³/mol. The Morgan fingerprint density at radius 2 is 1.95 bits per heavy atom. The molecule has 4 nitrogen and oxygen atoms in total. The third kappa shape index (κ3) is 3.28. The van der Waals surface area contributed by atoms with Gasteiger partial charge in [0.15, 0.2) is 0 Å². The number of nitrogens with zero attached hydrogens (tertiary/aromatic N) is 3. The Morgan fingerprint density at radius 1 is 1.18 bits per heavy atom. The number of hydrogen-bond donors (Lipinski definition) is 0. The Balaban J connectivity index is 1.87. The molecule has 3 rings (SSSR count). The minimum atomic E-state index is -0.948. The summed E-state index contributed by atoms with van der Waals surface area (Å²) in [5.41, 5.74) is 3.03. The van der Waals surface area contributed by atoms with Crippen molar-refractivity contribution in [3.05, 3.63) is 59.3 Å². The maximum Gasteiger partial charge on any atom is 0.0994 e. The summed E-state index contributed by atoms with van der Waals surface area (Å²) in [7, 11) is -0.948. The van der Waals surface area contributed by atoms with E-state index < -0.39 is 10.8 Å². The third-order valence-electron chi connectivity index (χ3n) is 3.24. The maximum atomic E-state index is 11.5. The molecule has 0 aliphatic heterocycles. The van der Waals surface area contributed by atoms with Crippen molar-refractivity contribution in [1.29, 1.82) is 0 Å². The average molecular weight is 329 g/mol. The highest BCUT2D eigenvalue weighted by atomic mass is 32.2. The fourth-order valence-corrected chi connectivity index (χ4v) is 3.77. The van der Waals surface area contributed by atoms with E-state index >= 15 is 0 Å². The van der Waals surface area contributed by atoms with Gasteiger partial charge in [-0.3, -0.25) is 14.2 Å². The lowest BCUT2D eigenvalue weighted by molar-refractivity contribution is 0.687. The van der Waals surface area contributed by atoms with Gasteiger partial charge in [0.2, 0.25) is 0 Å². The minimum Gasteiger partial charge on any atom is -0.261 e. The van der Waals surface area contributed by atoms with Gasteiger partial charge in [-0.05, 0) is 24.6 Å². The first-order valence-corrected chi connectivity index (χ1v) is 9.16. The molecular weight excluding hydrogens is 314 g/mol. The first-order valence-electron chi connectivity index (χ1n) is 6.78. The van der Waals surface area contributed by atoms with Crippen molar-refractivity contribution >= 4 is 22.1 Å². The molecule has 0 spiro atoms. The zero-order valence-electron chi connectivity index (χ0n) is 12.3. The molecule has 1 atom stereocenters. The summed E-state index contributed by atoms with van der Waals surface area (Å²) >= 11 is 1.67. The van der Waals surface area contributed by atoms with Gasteiger partial charge < -0.3 is 0 Å². The van der Waals surface area contributed by atoms with Gasteiger partial charge in [0.25, 0.3) is 0 Å². The van der Waals surface area contributed by atoms with Gasteiger partial charge in [-0.15, -0.1) is 11.3 Å². The molecule has 0 aliphatic carbocycles. The van der Waals surface area contributed by atoms with Crippen molar-refractivity contribution in [2.24, 2.45) is 0 Å². The summed E-state index contributed by atoms with van der Waals surface area (Å²) in [6.45, 7) is 2.01. The summed E-state index contributed by atoms with van der Waals surface area (Å²) in [5, 5.41) is 1.02. The van der Waals surface area contributed by atoms with Crippen molar-refractivity contribution in [1.82, 2.24) is 15.0 Å². The van der Waals surface area contributed by atoms with Crippen LogP contribution in [0.4, 0.5) is 0 Å². The van der Waals surface area contributed by atoms with Crippen LogP contribution in [-0.2, 0) is 17.2 Å². The second-order valence-electron chi connectivity index (χ2n) is 4.87. The van der Waals surface area contributed by atoms with Crippen molar-refractivity contribution in [3.8, 4) is 10.4 Å². The van der Waals surface area contributed by atoms with Gasteiger partial charge in [-0.25, -0.2) is 4.98 Å². The molecule has 2 heterocycles. The van der Waals surface area contributed by atoms with E-state index in [9.17, 15) is 4.21 Å². The topological polar surface area (TPSA) is 55.7 Å². The summed E-state index contributed by atoms with van der Waals surface area (Å²) in [6.07, 6.45) is 7.51. The van der Waals surface area contributed by atoms with Crippen LogP contribution in [0.3, 0.4) is 0 Å². The van der Waals surface area contributed by atoms with Crippen LogP contribution in [0.25, 0.3) is 10.4 Å². The molecule has 0 radical (unpaired) electrons. The van der Waals surface area contributed by atoms with Gasteiger partial charge in [0.05, 0.1) is 21.3 Å². The Hall–Kier alpha value is -1.92. The molecule has 0 fully saturated rings. The fraction of sp³-hybridized carbons (Fsp3) is 0.188. The monoisotopic (exact) mass is 329 g/mol. The summed E-state index contributed by atoms with van der Waals surface area (Å²) < 4.78 is 11.5. The van der Waals surface area contributed by atoms with Crippen LogP contribution in [0.5, 0.6) is 0 Å². The lowest BCUT2D eigenvalue weighted by Gasteiger charge is -2.00.